The molecule has 2 heterocycles. The van der Waals surface area contributed by atoms with Crippen LogP contribution in [0.4, 0.5) is 5.69 Å². The molecule has 2 aromatic heterocycles. The summed E-state index contributed by atoms with van der Waals surface area (Å²) in [6.07, 6.45) is 3.46. The summed E-state index contributed by atoms with van der Waals surface area (Å²) in [4.78, 5) is 17.6. The Morgan fingerprint density at radius 1 is 1.50 bits per heavy atom. The molecular weight excluding hydrogens is 340 g/mol. The fourth-order valence-electron chi connectivity index (χ4n) is 1.86. The van der Waals surface area contributed by atoms with Crippen molar-refractivity contribution in [3.63, 3.8) is 0 Å². The second-order valence-corrected chi connectivity index (χ2v) is 6.52. The highest BCUT2D eigenvalue weighted by Gasteiger charge is 2.08. The Morgan fingerprint density at radius 2 is 2.25 bits per heavy atom. The summed E-state index contributed by atoms with van der Waals surface area (Å²) in [5.41, 5.74) is 1.76. The normalized spacial score (nSPS) is 10.8. The topological polar surface area (TPSA) is 59.8 Å². The average Bonchev–Trinajstić information content (AvgIpc) is 2.79. The second kappa shape index (κ2) is 6.49. The van der Waals surface area contributed by atoms with Crippen molar-refractivity contribution < 1.29 is 0 Å². The first-order chi connectivity index (χ1) is 9.52. The molecule has 7 heteroatoms. The standard InChI is InChI=1S/C13H17BrN4OS/c1-4-9-8(2)20-11(17-9)5-6-15-10-7-16-18(3)13(19)12(10)14/h7,15H,4-6H2,1-3H3. The molecule has 0 atom stereocenters. The van der Waals surface area contributed by atoms with Crippen molar-refractivity contribution in [1.82, 2.24) is 14.8 Å². The highest BCUT2D eigenvalue weighted by Crippen LogP contribution is 2.19. The van der Waals surface area contributed by atoms with Crippen molar-refractivity contribution in [1.29, 1.82) is 0 Å². The predicted molar refractivity (Wildman–Crippen MR) is 85.6 cm³/mol. The van der Waals surface area contributed by atoms with Gasteiger partial charge < -0.3 is 5.32 Å². The summed E-state index contributed by atoms with van der Waals surface area (Å²) >= 11 is 5.04. The van der Waals surface area contributed by atoms with Crippen LogP contribution in [0.5, 0.6) is 0 Å². The molecule has 0 saturated heterocycles. The quantitative estimate of drug-likeness (QED) is 0.893. The third kappa shape index (κ3) is 3.27. The van der Waals surface area contributed by atoms with Crippen molar-refractivity contribution in [3.05, 3.63) is 36.6 Å². The summed E-state index contributed by atoms with van der Waals surface area (Å²) in [7, 11) is 1.63. The fourth-order valence-corrected chi connectivity index (χ4v) is 3.38. The van der Waals surface area contributed by atoms with Crippen LogP contribution in [0.15, 0.2) is 15.5 Å². The van der Waals surface area contributed by atoms with Gasteiger partial charge in [0.05, 0.1) is 22.6 Å². The largest absolute Gasteiger partial charge is 0.382 e. The van der Waals surface area contributed by atoms with E-state index in [9.17, 15) is 4.79 Å². The van der Waals surface area contributed by atoms with Crippen LogP contribution in [0.1, 0.15) is 22.5 Å². The molecule has 0 aliphatic carbocycles. The Balaban J connectivity index is 1.99. The molecule has 0 aliphatic rings. The second-order valence-electron chi connectivity index (χ2n) is 4.44. The summed E-state index contributed by atoms with van der Waals surface area (Å²) in [6, 6.07) is 0. The van der Waals surface area contributed by atoms with E-state index >= 15 is 0 Å². The highest BCUT2D eigenvalue weighted by molar-refractivity contribution is 9.10. The summed E-state index contributed by atoms with van der Waals surface area (Å²) in [5.74, 6) is 0. The third-order valence-electron chi connectivity index (χ3n) is 3.00. The van der Waals surface area contributed by atoms with Gasteiger partial charge in [0, 0.05) is 24.9 Å². The van der Waals surface area contributed by atoms with Crippen LogP contribution in [0, 0.1) is 6.92 Å². The average molecular weight is 357 g/mol. The Morgan fingerprint density at radius 3 is 2.90 bits per heavy atom. The van der Waals surface area contributed by atoms with Gasteiger partial charge in [0.15, 0.2) is 0 Å². The van der Waals surface area contributed by atoms with E-state index in [0.29, 0.717) is 4.47 Å². The van der Waals surface area contributed by atoms with E-state index in [1.165, 1.54) is 15.3 Å². The summed E-state index contributed by atoms with van der Waals surface area (Å²) in [6.45, 7) is 4.95. The molecule has 0 aromatic carbocycles. The molecule has 108 valence electrons. The fraction of sp³-hybridized carbons (Fsp3) is 0.462. The van der Waals surface area contributed by atoms with Gasteiger partial charge in [-0.15, -0.1) is 11.3 Å². The van der Waals surface area contributed by atoms with E-state index in [-0.39, 0.29) is 5.56 Å². The van der Waals surface area contributed by atoms with E-state index in [0.717, 1.165) is 30.1 Å². The van der Waals surface area contributed by atoms with Crippen LogP contribution in [0.2, 0.25) is 0 Å². The lowest BCUT2D eigenvalue weighted by atomic mass is 10.3. The van der Waals surface area contributed by atoms with Crippen molar-refractivity contribution in [2.24, 2.45) is 7.05 Å². The van der Waals surface area contributed by atoms with Crippen molar-refractivity contribution >= 4 is 33.0 Å². The molecule has 20 heavy (non-hydrogen) atoms. The minimum Gasteiger partial charge on any atom is -0.382 e. The SMILES string of the molecule is CCc1nc(CCNc2cnn(C)c(=O)c2Br)sc1C. The molecule has 1 N–H and O–H groups in total. The monoisotopic (exact) mass is 356 g/mol. The third-order valence-corrected chi connectivity index (χ3v) is 4.84. The van der Waals surface area contributed by atoms with Gasteiger partial charge >= 0.3 is 0 Å². The Labute approximate surface area is 130 Å². The molecule has 2 aromatic rings. The first-order valence-electron chi connectivity index (χ1n) is 6.43. The molecule has 0 fully saturated rings. The lowest BCUT2D eigenvalue weighted by Gasteiger charge is -2.07. The summed E-state index contributed by atoms with van der Waals surface area (Å²) < 4.78 is 1.81. The van der Waals surface area contributed by atoms with Crippen LogP contribution < -0.4 is 10.9 Å². The number of nitrogens with one attached hydrogen (secondary N) is 1. The number of nitrogens with zero attached hydrogens (tertiary/aromatic N) is 3. The number of halogens is 1. The number of aryl methyl sites for hydroxylation is 3. The Kier molecular flexibility index (Phi) is 4.93. The lowest BCUT2D eigenvalue weighted by molar-refractivity contribution is 0.703. The van der Waals surface area contributed by atoms with Gasteiger partial charge in [0.1, 0.15) is 4.47 Å². The van der Waals surface area contributed by atoms with Gasteiger partial charge in [0.25, 0.3) is 5.56 Å². The molecule has 0 radical (unpaired) electrons. The molecule has 0 spiro atoms. The zero-order valence-corrected chi connectivity index (χ0v) is 14.1. The number of anilines is 1. The highest BCUT2D eigenvalue weighted by atomic mass is 79.9. The van der Waals surface area contributed by atoms with Crippen molar-refractivity contribution in [3.8, 4) is 0 Å². The van der Waals surface area contributed by atoms with Gasteiger partial charge in [0.2, 0.25) is 0 Å². The van der Waals surface area contributed by atoms with E-state index < -0.39 is 0 Å². The Hall–Kier alpha value is -1.21. The van der Waals surface area contributed by atoms with E-state index in [2.05, 4.69) is 45.2 Å². The number of hydrogen-bond acceptors (Lipinski definition) is 5. The van der Waals surface area contributed by atoms with Crippen LogP contribution in [0.3, 0.4) is 0 Å². The predicted octanol–water partition coefficient (Wildman–Crippen LogP) is 2.52. The van der Waals surface area contributed by atoms with Crippen LogP contribution >= 0.6 is 27.3 Å². The van der Waals surface area contributed by atoms with E-state index in [4.69, 9.17) is 0 Å². The van der Waals surface area contributed by atoms with Gasteiger partial charge in [-0.3, -0.25) is 4.79 Å². The van der Waals surface area contributed by atoms with Crippen LogP contribution in [-0.4, -0.2) is 21.3 Å². The Bertz CT molecular complexity index is 665. The molecule has 0 aliphatic heterocycles. The maximum Gasteiger partial charge on any atom is 0.282 e. The summed E-state index contributed by atoms with van der Waals surface area (Å²) in [5, 5.41) is 8.34. The number of hydrogen-bond donors (Lipinski definition) is 1. The maximum absolute atomic E-state index is 11.7. The zero-order chi connectivity index (χ0) is 14.7. The molecule has 0 amide bonds. The molecule has 0 unspecified atom stereocenters. The number of aromatic nitrogens is 3. The van der Waals surface area contributed by atoms with Gasteiger partial charge in [-0.1, -0.05) is 6.92 Å². The number of thiazole rings is 1. The van der Waals surface area contributed by atoms with Gasteiger partial charge in [-0.2, -0.15) is 5.10 Å². The minimum atomic E-state index is -0.145. The number of rotatable bonds is 5. The first kappa shape index (κ1) is 15.2. The van der Waals surface area contributed by atoms with Gasteiger partial charge in [-0.25, -0.2) is 9.67 Å². The smallest absolute Gasteiger partial charge is 0.282 e. The molecule has 2 rings (SSSR count). The molecular formula is C13H17BrN4OS. The lowest BCUT2D eigenvalue weighted by Crippen LogP contribution is -2.21. The minimum absolute atomic E-state index is 0.145. The maximum atomic E-state index is 11.7. The van der Waals surface area contributed by atoms with Crippen LogP contribution in [0.25, 0.3) is 0 Å². The molecule has 0 bridgehead atoms. The van der Waals surface area contributed by atoms with Crippen LogP contribution in [-0.2, 0) is 19.9 Å². The van der Waals surface area contributed by atoms with E-state index in [1.54, 1.807) is 24.6 Å². The van der Waals surface area contributed by atoms with Crippen molar-refractivity contribution in [2.45, 2.75) is 26.7 Å². The van der Waals surface area contributed by atoms with Crippen molar-refractivity contribution in [2.75, 3.05) is 11.9 Å². The van der Waals surface area contributed by atoms with Gasteiger partial charge in [-0.05, 0) is 29.3 Å². The van der Waals surface area contributed by atoms with E-state index in [1.807, 2.05) is 0 Å². The first-order valence-corrected chi connectivity index (χ1v) is 8.04. The zero-order valence-electron chi connectivity index (χ0n) is 11.7. The molecule has 0 saturated carbocycles. The molecule has 5 nitrogen and oxygen atoms in total.